The highest BCUT2D eigenvalue weighted by Gasteiger charge is 2.11. The van der Waals surface area contributed by atoms with E-state index in [9.17, 15) is 9.18 Å². The second-order valence-electron chi connectivity index (χ2n) is 5.54. The molecule has 0 radical (unpaired) electrons. The third-order valence-corrected chi connectivity index (χ3v) is 3.81. The molecule has 0 unspecified atom stereocenters. The van der Waals surface area contributed by atoms with E-state index in [-0.39, 0.29) is 5.82 Å². The normalized spacial score (nSPS) is 11.0. The predicted octanol–water partition coefficient (Wildman–Crippen LogP) is 3.39. The molecule has 25 heavy (non-hydrogen) atoms. The van der Waals surface area contributed by atoms with Crippen molar-refractivity contribution in [2.45, 2.75) is 13.8 Å². The van der Waals surface area contributed by atoms with Crippen LogP contribution < -0.4 is 5.43 Å². The Bertz CT molecular complexity index is 915. The maximum atomic E-state index is 12.9. The number of nitrogens with zero attached hydrogens (tertiary/aromatic N) is 3. The number of amides is 1. The Hall–Kier alpha value is -3.28. The van der Waals surface area contributed by atoms with Crippen molar-refractivity contribution in [1.82, 2.24) is 15.2 Å². The molecule has 0 atom stereocenters. The Labute approximate surface area is 144 Å². The first-order chi connectivity index (χ1) is 12.1. The van der Waals surface area contributed by atoms with Gasteiger partial charge in [-0.25, -0.2) is 14.5 Å². The van der Waals surface area contributed by atoms with Crippen LogP contribution in [-0.2, 0) is 0 Å². The van der Waals surface area contributed by atoms with Crippen molar-refractivity contribution in [3.05, 3.63) is 82.9 Å². The number of halogens is 1. The molecule has 1 heterocycles. The maximum absolute atomic E-state index is 12.9. The number of hydrogen-bond acceptors (Lipinski definition) is 3. The lowest BCUT2D eigenvalue weighted by molar-refractivity contribution is 0.0955. The average Bonchev–Trinajstić information content (AvgIpc) is 2.91. The lowest BCUT2D eigenvalue weighted by atomic mass is 10.2. The molecule has 6 heteroatoms. The third-order valence-electron chi connectivity index (χ3n) is 3.81. The summed E-state index contributed by atoms with van der Waals surface area (Å²) >= 11 is 0. The number of carbonyl (C=O) groups is 1. The van der Waals surface area contributed by atoms with Gasteiger partial charge in [-0.1, -0.05) is 18.2 Å². The van der Waals surface area contributed by atoms with Gasteiger partial charge in [0.2, 0.25) is 0 Å². The van der Waals surface area contributed by atoms with Crippen LogP contribution in [0.15, 0.2) is 59.7 Å². The molecule has 0 fully saturated rings. The van der Waals surface area contributed by atoms with E-state index in [1.807, 2.05) is 48.9 Å². The molecule has 1 aromatic heterocycles. The van der Waals surface area contributed by atoms with Gasteiger partial charge in [0, 0.05) is 11.1 Å². The molecule has 126 valence electrons. The number of benzene rings is 2. The number of hydrogen-bond donors (Lipinski definition) is 1. The van der Waals surface area contributed by atoms with Gasteiger partial charge in [-0.2, -0.15) is 10.2 Å². The second kappa shape index (κ2) is 7.09. The van der Waals surface area contributed by atoms with Crippen molar-refractivity contribution in [2.75, 3.05) is 0 Å². The smallest absolute Gasteiger partial charge is 0.267 e. The van der Waals surface area contributed by atoms with Crippen LogP contribution in [0.2, 0.25) is 0 Å². The molecule has 0 aliphatic rings. The van der Waals surface area contributed by atoms with Crippen molar-refractivity contribution in [3.8, 4) is 5.69 Å². The largest absolute Gasteiger partial charge is 0.271 e. The summed E-state index contributed by atoms with van der Waals surface area (Å²) in [5.74, 6) is -0.790. The topological polar surface area (TPSA) is 59.3 Å². The zero-order valence-corrected chi connectivity index (χ0v) is 13.9. The lowest BCUT2D eigenvalue weighted by Crippen LogP contribution is -2.17. The molecule has 0 saturated heterocycles. The minimum atomic E-state index is -0.401. The monoisotopic (exact) mass is 336 g/mol. The van der Waals surface area contributed by atoms with Crippen molar-refractivity contribution >= 4 is 12.1 Å². The maximum Gasteiger partial charge on any atom is 0.271 e. The Morgan fingerprint density at radius 2 is 1.80 bits per heavy atom. The Kier molecular flexibility index (Phi) is 4.70. The molecule has 0 aliphatic heterocycles. The van der Waals surface area contributed by atoms with Crippen LogP contribution in [0.1, 0.15) is 27.3 Å². The van der Waals surface area contributed by atoms with Crippen molar-refractivity contribution in [2.24, 2.45) is 5.10 Å². The summed E-state index contributed by atoms with van der Waals surface area (Å²) in [6.45, 7) is 3.83. The second-order valence-corrected chi connectivity index (χ2v) is 5.54. The highest BCUT2D eigenvalue weighted by Crippen LogP contribution is 2.16. The highest BCUT2D eigenvalue weighted by atomic mass is 19.1. The van der Waals surface area contributed by atoms with Gasteiger partial charge in [0.25, 0.3) is 5.91 Å². The first-order valence-electron chi connectivity index (χ1n) is 7.77. The predicted molar refractivity (Wildman–Crippen MR) is 94.5 cm³/mol. The average molecular weight is 336 g/mol. The minimum Gasteiger partial charge on any atom is -0.267 e. The van der Waals surface area contributed by atoms with Gasteiger partial charge in [0.15, 0.2) is 0 Å². The van der Waals surface area contributed by atoms with Gasteiger partial charge in [-0.3, -0.25) is 4.79 Å². The summed E-state index contributed by atoms with van der Waals surface area (Å²) in [7, 11) is 0. The van der Waals surface area contributed by atoms with E-state index in [0.29, 0.717) is 5.56 Å². The molecular formula is C19H17FN4O. The van der Waals surface area contributed by atoms with Crippen LogP contribution >= 0.6 is 0 Å². The minimum absolute atomic E-state index is 0.340. The number of rotatable bonds is 4. The van der Waals surface area contributed by atoms with Crippen LogP contribution in [-0.4, -0.2) is 21.9 Å². The van der Waals surface area contributed by atoms with Gasteiger partial charge < -0.3 is 0 Å². The zero-order valence-electron chi connectivity index (χ0n) is 13.9. The Morgan fingerprint density at radius 1 is 1.12 bits per heavy atom. The van der Waals surface area contributed by atoms with Crippen molar-refractivity contribution < 1.29 is 9.18 Å². The lowest BCUT2D eigenvalue weighted by Gasteiger charge is -2.03. The number of hydrazone groups is 1. The van der Waals surface area contributed by atoms with Crippen molar-refractivity contribution in [1.29, 1.82) is 0 Å². The van der Waals surface area contributed by atoms with Crippen LogP contribution in [0.4, 0.5) is 4.39 Å². The number of aromatic nitrogens is 2. The SMILES string of the molecule is Cc1nn(-c2ccccc2)c(C)c1C=NNC(=O)c1ccc(F)cc1. The molecule has 0 saturated carbocycles. The Balaban J connectivity index is 1.77. The van der Waals surface area contributed by atoms with Gasteiger partial charge >= 0.3 is 0 Å². The molecule has 2 aromatic carbocycles. The molecule has 0 aliphatic carbocycles. The van der Waals surface area contributed by atoms with Gasteiger partial charge in [-0.15, -0.1) is 0 Å². The number of aryl methyl sites for hydroxylation is 1. The van der Waals surface area contributed by atoms with Crippen LogP contribution in [0.3, 0.4) is 0 Å². The van der Waals surface area contributed by atoms with E-state index >= 15 is 0 Å². The van der Waals surface area contributed by atoms with E-state index in [1.54, 1.807) is 6.21 Å². The highest BCUT2D eigenvalue weighted by molar-refractivity contribution is 5.95. The first kappa shape index (κ1) is 16.6. The zero-order chi connectivity index (χ0) is 17.8. The van der Waals surface area contributed by atoms with Gasteiger partial charge in [0.1, 0.15) is 5.82 Å². The summed E-state index contributed by atoms with van der Waals surface area (Å²) in [6, 6.07) is 15.1. The van der Waals surface area contributed by atoms with E-state index < -0.39 is 5.91 Å². The molecule has 1 amide bonds. The van der Waals surface area contributed by atoms with Crippen molar-refractivity contribution in [3.63, 3.8) is 0 Å². The standard InChI is InChI=1S/C19H17FN4O/c1-13-18(14(2)24(23-13)17-6-4-3-5-7-17)12-21-22-19(25)15-8-10-16(20)11-9-15/h3-12H,1-2H3,(H,22,25). The number of nitrogens with one attached hydrogen (secondary N) is 1. The van der Waals surface area contributed by atoms with Crippen LogP contribution in [0.25, 0.3) is 5.69 Å². The third kappa shape index (κ3) is 3.63. The van der Waals surface area contributed by atoms with E-state index in [1.165, 1.54) is 24.3 Å². The van der Waals surface area contributed by atoms with E-state index in [0.717, 1.165) is 22.6 Å². The van der Waals surface area contributed by atoms with Gasteiger partial charge in [0.05, 0.1) is 23.3 Å². The van der Waals surface area contributed by atoms with E-state index in [2.05, 4.69) is 15.6 Å². The molecule has 0 spiro atoms. The summed E-state index contributed by atoms with van der Waals surface area (Å²) in [4.78, 5) is 12.0. The number of carbonyl (C=O) groups excluding carboxylic acids is 1. The summed E-state index contributed by atoms with van der Waals surface area (Å²) in [5, 5.41) is 8.51. The summed E-state index contributed by atoms with van der Waals surface area (Å²) in [5.41, 5.74) is 6.30. The van der Waals surface area contributed by atoms with Crippen LogP contribution in [0, 0.1) is 19.7 Å². The quantitative estimate of drug-likeness (QED) is 0.586. The molecule has 1 N–H and O–H groups in total. The fourth-order valence-corrected chi connectivity index (χ4v) is 2.48. The molecule has 3 rings (SSSR count). The Morgan fingerprint density at radius 3 is 2.48 bits per heavy atom. The summed E-state index contributed by atoms with van der Waals surface area (Å²) < 4.78 is 14.7. The molecule has 5 nitrogen and oxygen atoms in total. The van der Waals surface area contributed by atoms with Crippen LogP contribution in [0.5, 0.6) is 0 Å². The number of para-hydroxylation sites is 1. The fraction of sp³-hybridized carbons (Fsp3) is 0.105. The van der Waals surface area contributed by atoms with E-state index in [4.69, 9.17) is 0 Å². The molecular weight excluding hydrogens is 319 g/mol. The first-order valence-corrected chi connectivity index (χ1v) is 7.77. The fourth-order valence-electron chi connectivity index (χ4n) is 2.48. The molecule has 3 aromatic rings. The molecule has 0 bridgehead atoms. The van der Waals surface area contributed by atoms with Gasteiger partial charge in [-0.05, 0) is 50.2 Å². The summed E-state index contributed by atoms with van der Waals surface area (Å²) in [6.07, 6.45) is 1.57.